The predicted octanol–water partition coefficient (Wildman–Crippen LogP) is 1.21. The van der Waals surface area contributed by atoms with Crippen LogP contribution < -0.4 is 5.32 Å². The van der Waals surface area contributed by atoms with Gasteiger partial charge in [0.2, 0.25) is 0 Å². The van der Waals surface area contributed by atoms with Gasteiger partial charge in [-0.3, -0.25) is 0 Å². The molecule has 1 heterocycles. The minimum absolute atomic E-state index is 0.0682. The Morgan fingerprint density at radius 1 is 1.33 bits per heavy atom. The molecular formula is C12H15ClN4O. The lowest BCUT2D eigenvalue weighted by Crippen LogP contribution is -2.12. The van der Waals surface area contributed by atoms with Crippen LogP contribution in [0.25, 0.3) is 0 Å². The summed E-state index contributed by atoms with van der Waals surface area (Å²) in [6.45, 7) is 1.91. The van der Waals surface area contributed by atoms with E-state index < -0.39 is 0 Å². The van der Waals surface area contributed by atoms with E-state index in [1.165, 1.54) is 0 Å². The molecule has 2 aromatic rings. The van der Waals surface area contributed by atoms with Gasteiger partial charge in [-0.2, -0.15) is 0 Å². The number of halogens is 1. The molecule has 0 saturated carbocycles. The lowest BCUT2D eigenvalue weighted by molar-refractivity contribution is 0.268. The van der Waals surface area contributed by atoms with Crippen LogP contribution in [0.4, 0.5) is 0 Å². The number of hydrogen-bond donors (Lipinski definition) is 2. The van der Waals surface area contributed by atoms with E-state index in [-0.39, 0.29) is 6.61 Å². The van der Waals surface area contributed by atoms with Crippen molar-refractivity contribution in [2.75, 3.05) is 6.61 Å². The Labute approximate surface area is 110 Å². The molecule has 0 amide bonds. The van der Waals surface area contributed by atoms with Crippen LogP contribution >= 0.6 is 11.6 Å². The Kier molecular flexibility index (Phi) is 4.69. The smallest absolute Gasteiger partial charge is 0.0964 e. The number of nitrogens with zero attached hydrogens (tertiary/aromatic N) is 3. The van der Waals surface area contributed by atoms with Crippen molar-refractivity contribution in [1.82, 2.24) is 20.3 Å². The molecule has 0 atom stereocenters. The van der Waals surface area contributed by atoms with E-state index in [9.17, 15) is 0 Å². The second kappa shape index (κ2) is 6.49. The van der Waals surface area contributed by atoms with E-state index in [4.69, 9.17) is 16.7 Å². The van der Waals surface area contributed by atoms with Gasteiger partial charge in [-0.05, 0) is 17.7 Å². The average molecular weight is 267 g/mol. The quantitative estimate of drug-likeness (QED) is 0.825. The number of benzene rings is 1. The standard InChI is InChI=1S/C12H15ClN4O/c13-11-3-1-2-10(6-11)7-14-8-12-9-17(4-5-18)16-15-12/h1-3,6,9,14,18H,4-5,7-8H2. The van der Waals surface area contributed by atoms with Gasteiger partial charge < -0.3 is 10.4 Å². The fraction of sp³-hybridized carbons (Fsp3) is 0.333. The van der Waals surface area contributed by atoms with Crippen LogP contribution in [-0.4, -0.2) is 26.7 Å². The molecule has 5 nitrogen and oxygen atoms in total. The summed E-state index contributed by atoms with van der Waals surface area (Å²) in [5.74, 6) is 0. The average Bonchev–Trinajstić information content (AvgIpc) is 2.78. The molecule has 2 N–H and O–H groups in total. The first-order chi connectivity index (χ1) is 8.78. The van der Waals surface area contributed by atoms with Crippen molar-refractivity contribution in [3.63, 3.8) is 0 Å². The first kappa shape index (κ1) is 13.0. The van der Waals surface area contributed by atoms with Crippen molar-refractivity contribution >= 4 is 11.6 Å². The van der Waals surface area contributed by atoms with Gasteiger partial charge >= 0.3 is 0 Å². The van der Waals surface area contributed by atoms with Crippen molar-refractivity contribution in [2.24, 2.45) is 0 Å². The molecule has 6 heteroatoms. The third-order valence-electron chi connectivity index (χ3n) is 2.44. The van der Waals surface area contributed by atoms with Crippen LogP contribution in [0.2, 0.25) is 5.02 Å². The molecule has 96 valence electrons. The molecule has 0 bridgehead atoms. The van der Waals surface area contributed by atoms with Gasteiger partial charge in [-0.15, -0.1) is 5.10 Å². The van der Waals surface area contributed by atoms with E-state index >= 15 is 0 Å². The normalized spacial score (nSPS) is 10.8. The molecule has 0 aliphatic rings. The zero-order valence-corrected chi connectivity index (χ0v) is 10.6. The predicted molar refractivity (Wildman–Crippen MR) is 69.1 cm³/mol. The molecule has 0 aliphatic carbocycles. The highest BCUT2D eigenvalue weighted by molar-refractivity contribution is 6.30. The fourth-order valence-electron chi connectivity index (χ4n) is 1.61. The van der Waals surface area contributed by atoms with Crippen LogP contribution in [0.3, 0.4) is 0 Å². The summed E-state index contributed by atoms with van der Waals surface area (Å²) in [6.07, 6.45) is 1.82. The van der Waals surface area contributed by atoms with Crippen molar-refractivity contribution in [2.45, 2.75) is 19.6 Å². The zero-order valence-electron chi connectivity index (χ0n) is 9.88. The van der Waals surface area contributed by atoms with Crippen molar-refractivity contribution in [3.05, 3.63) is 46.7 Å². The van der Waals surface area contributed by atoms with E-state index in [2.05, 4.69) is 15.6 Å². The van der Waals surface area contributed by atoms with Crippen molar-refractivity contribution in [1.29, 1.82) is 0 Å². The molecule has 0 spiro atoms. The maximum atomic E-state index is 8.76. The number of rotatable bonds is 6. The topological polar surface area (TPSA) is 63.0 Å². The first-order valence-electron chi connectivity index (χ1n) is 5.73. The summed E-state index contributed by atoms with van der Waals surface area (Å²) < 4.78 is 1.62. The Morgan fingerprint density at radius 3 is 3.00 bits per heavy atom. The van der Waals surface area contributed by atoms with E-state index in [0.29, 0.717) is 13.1 Å². The summed E-state index contributed by atoms with van der Waals surface area (Å²) in [5.41, 5.74) is 1.98. The lowest BCUT2D eigenvalue weighted by atomic mass is 10.2. The highest BCUT2D eigenvalue weighted by atomic mass is 35.5. The SMILES string of the molecule is OCCn1cc(CNCc2cccc(Cl)c2)nn1. The van der Waals surface area contributed by atoms with Gasteiger partial charge in [0, 0.05) is 24.3 Å². The molecule has 0 aliphatic heterocycles. The summed E-state index contributed by atoms with van der Waals surface area (Å²) in [5, 5.41) is 20.7. The Morgan fingerprint density at radius 2 is 2.22 bits per heavy atom. The monoisotopic (exact) mass is 266 g/mol. The van der Waals surface area contributed by atoms with Crippen LogP contribution in [-0.2, 0) is 19.6 Å². The van der Waals surface area contributed by atoms with Gasteiger partial charge in [0.15, 0.2) is 0 Å². The molecule has 0 unspecified atom stereocenters. The second-order valence-electron chi connectivity index (χ2n) is 3.93. The first-order valence-corrected chi connectivity index (χ1v) is 6.11. The second-order valence-corrected chi connectivity index (χ2v) is 4.37. The minimum atomic E-state index is 0.0682. The number of nitrogens with one attached hydrogen (secondary N) is 1. The number of aliphatic hydroxyl groups is 1. The maximum absolute atomic E-state index is 8.76. The highest BCUT2D eigenvalue weighted by Crippen LogP contribution is 2.10. The van der Waals surface area contributed by atoms with E-state index in [1.54, 1.807) is 4.68 Å². The Balaban J connectivity index is 1.81. The van der Waals surface area contributed by atoms with Gasteiger partial charge in [0.05, 0.1) is 18.8 Å². The molecule has 0 saturated heterocycles. The number of aliphatic hydroxyl groups excluding tert-OH is 1. The largest absolute Gasteiger partial charge is 0.394 e. The molecular weight excluding hydrogens is 252 g/mol. The fourth-order valence-corrected chi connectivity index (χ4v) is 1.83. The van der Waals surface area contributed by atoms with Gasteiger partial charge in [-0.1, -0.05) is 28.9 Å². The lowest BCUT2D eigenvalue weighted by Gasteiger charge is -2.02. The van der Waals surface area contributed by atoms with Crippen LogP contribution in [0.5, 0.6) is 0 Å². The van der Waals surface area contributed by atoms with E-state index in [1.807, 2.05) is 30.5 Å². The molecule has 2 rings (SSSR count). The number of aromatic nitrogens is 3. The maximum Gasteiger partial charge on any atom is 0.0964 e. The van der Waals surface area contributed by atoms with Crippen molar-refractivity contribution < 1.29 is 5.11 Å². The van der Waals surface area contributed by atoms with Gasteiger partial charge in [0.25, 0.3) is 0 Å². The van der Waals surface area contributed by atoms with E-state index in [0.717, 1.165) is 22.8 Å². The zero-order chi connectivity index (χ0) is 12.8. The molecule has 1 aromatic carbocycles. The van der Waals surface area contributed by atoms with Crippen LogP contribution in [0, 0.1) is 0 Å². The van der Waals surface area contributed by atoms with Gasteiger partial charge in [-0.25, -0.2) is 4.68 Å². The molecule has 0 fully saturated rings. The minimum Gasteiger partial charge on any atom is -0.394 e. The van der Waals surface area contributed by atoms with Crippen molar-refractivity contribution in [3.8, 4) is 0 Å². The highest BCUT2D eigenvalue weighted by Gasteiger charge is 2.00. The number of hydrogen-bond acceptors (Lipinski definition) is 4. The molecule has 1 aromatic heterocycles. The summed E-state index contributed by atoms with van der Waals surface area (Å²) in [7, 11) is 0. The molecule has 18 heavy (non-hydrogen) atoms. The summed E-state index contributed by atoms with van der Waals surface area (Å²) >= 11 is 5.90. The van der Waals surface area contributed by atoms with Crippen LogP contribution in [0.15, 0.2) is 30.5 Å². The van der Waals surface area contributed by atoms with Gasteiger partial charge in [0.1, 0.15) is 0 Å². The third kappa shape index (κ3) is 3.80. The summed E-state index contributed by atoms with van der Waals surface area (Å²) in [4.78, 5) is 0. The Bertz CT molecular complexity index is 500. The molecule has 0 radical (unpaired) electrons. The summed E-state index contributed by atoms with van der Waals surface area (Å²) in [6, 6.07) is 7.72. The van der Waals surface area contributed by atoms with Crippen LogP contribution in [0.1, 0.15) is 11.3 Å². The third-order valence-corrected chi connectivity index (χ3v) is 2.67. The Hall–Kier alpha value is -1.43.